The highest BCUT2D eigenvalue weighted by molar-refractivity contribution is 9.13. The molecule has 2 unspecified atom stereocenters. The fourth-order valence-electron chi connectivity index (χ4n) is 4.15. The maximum Gasteiger partial charge on any atom is 0.0846 e. The molecule has 0 aromatic heterocycles. The number of rotatable bonds is 10. The number of nitrogens with zero attached hydrogens (tertiary/aromatic N) is 2. The van der Waals surface area contributed by atoms with Crippen LogP contribution in [0, 0.1) is 17.2 Å². The van der Waals surface area contributed by atoms with E-state index in [1.165, 1.54) is 5.56 Å². The van der Waals surface area contributed by atoms with E-state index < -0.39 is 5.41 Å². The van der Waals surface area contributed by atoms with Gasteiger partial charge in [0.2, 0.25) is 0 Å². The first-order valence-corrected chi connectivity index (χ1v) is 12.1. The molecule has 0 aliphatic heterocycles. The van der Waals surface area contributed by atoms with Gasteiger partial charge in [0.15, 0.2) is 0 Å². The van der Waals surface area contributed by atoms with Crippen LogP contribution in [0.3, 0.4) is 0 Å². The van der Waals surface area contributed by atoms with Crippen LogP contribution < -0.4 is 0 Å². The number of hydrogen-bond acceptors (Lipinski definition) is 2. The van der Waals surface area contributed by atoms with Crippen molar-refractivity contribution in [2.24, 2.45) is 5.92 Å². The first-order valence-electron chi connectivity index (χ1n) is 10.5. The predicted octanol–water partition coefficient (Wildman–Crippen LogP) is 7.71. The summed E-state index contributed by atoms with van der Waals surface area (Å²) >= 11 is 7.17. The fraction of sp³-hybridized carbons (Fsp3) is 0.480. The Morgan fingerprint density at radius 2 is 1.72 bits per heavy atom. The van der Waals surface area contributed by atoms with Gasteiger partial charge in [0, 0.05) is 21.5 Å². The van der Waals surface area contributed by atoms with E-state index in [2.05, 4.69) is 113 Å². The smallest absolute Gasteiger partial charge is 0.0846 e. The maximum absolute atomic E-state index is 10.3. The van der Waals surface area contributed by atoms with Gasteiger partial charge in [-0.3, -0.25) is 4.90 Å². The molecule has 29 heavy (non-hydrogen) atoms. The lowest BCUT2D eigenvalue weighted by molar-refractivity contribution is 0.168. The third kappa shape index (κ3) is 5.94. The highest BCUT2D eigenvalue weighted by Gasteiger charge is 2.37. The van der Waals surface area contributed by atoms with E-state index in [0.29, 0.717) is 6.04 Å². The second-order valence-corrected chi connectivity index (χ2v) is 9.72. The van der Waals surface area contributed by atoms with E-state index in [1.807, 2.05) is 6.07 Å². The lowest BCUT2D eigenvalue weighted by Crippen LogP contribution is -2.38. The molecule has 4 heteroatoms. The molecule has 0 aliphatic rings. The Morgan fingerprint density at radius 1 is 1.03 bits per heavy atom. The SMILES string of the molecule is CCC(CCC(C#N)(c1ccc(Br)c(Br)c1)C(C)C)N(CC)Cc1ccccc1. The van der Waals surface area contributed by atoms with Gasteiger partial charge >= 0.3 is 0 Å². The second-order valence-electron chi connectivity index (χ2n) is 8.02. The summed E-state index contributed by atoms with van der Waals surface area (Å²) in [6.45, 7) is 10.8. The monoisotopic (exact) mass is 518 g/mol. The van der Waals surface area contributed by atoms with E-state index in [4.69, 9.17) is 0 Å². The van der Waals surface area contributed by atoms with Crippen molar-refractivity contribution in [1.82, 2.24) is 4.90 Å². The van der Waals surface area contributed by atoms with Crippen LogP contribution in [0.1, 0.15) is 58.1 Å². The molecule has 0 radical (unpaired) electrons. The summed E-state index contributed by atoms with van der Waals surface area (Å²) in [6, 6.07) is 20.1. The van der Waals surface area contributed by atoms with Gasteiger partial charge in [-0.2, -0.15) is 5.26 Å². The van der Waals surface area contributed by atoms with Crippen LogP contribution in [0.5, 0.6) is 0 Å². The molecule has 2 nitrogen and oxygen atoms in total. The van der Waals surface area contributed by atoms with Crippen LogP contribution >= 0.6 is 31.9 Å². The van der Waals surface area contributed by atoms with Gasteiger partial charge < -0.3 is 0 Å². The topological polar surface area (TPSA) is 27.0 Å². The van der Waals surface area contributed by atoms with E-state index >= 15 is 0 Å². The molecule has 0 spiro atoms. The molecule has 0 N–H and O–H groups in total. The van der Waals surface area contributed by atoms with Crippen molar-refractivity contribution in [3.8, 4) is 6.07 Å². The maximum atomic E-state index is 10.3. The Balaban J connectivity index is 2.23. The average molecular weight is 520 g/mol. The van der Waals surface area contributed by atoms with E-state index in [0.717, 1.165) is 46.9 Å². The molecule has 2 atom stereocenters. The minimum atomic E-state index is -0.483. The molecule has 0 fully saturated rings. The van der Waals surface area contributed by atoms with Crippen molar-refractivity contribution in [3.05, 3.63) is 68.6 Å². The normalized spacial score (nSPS) is 14.6. The first-order chi connectivity index (χ1) is 13.9. The molecule has 0 saturated heterocycles. The number of halogens is 2. The lowest BCUT2D eigenvalue weighted by atomic mass is 9.69. The second kappa shape index (κ2) is 11.3. The molecule has 2 aromatic rings. The number of nitriles is 1. The van der Waals surface area contributed by atoms with Crippen molar-refractivity contribution < 1.29 is 0 Å². The van der Waals surface area contributed by atoms with Crippen LogP contribution in [-0.2, 0) is 12.0 Å². The van der Waals surface area contributed by atoms with E-state index in [-0.39, 0.29) is 5.92 Å². The summed E-state index contributed by atoms with van der Waals surface area (Å²) in [6.07, 6.45) is 2.96. The van der Waals surface area contributed by atoms with Crippen LogP contribution in [0.4, 0.5) is 0 Å². The third-order valence-electron chi connectivity index (χ3n) is 6.11. The molecule has 0 aliphatic carbocycles. The summed E-state index contributed by atoms with van der Waals surface area (Å²) in [5.74, 6) is 0.238. The molecule has 0 amide bonds. The minimum Gasteiger partial charge on any atom is -0.296 e. The van der Waals surface area contributed by atoms with Gasteiger partial charge in [-0.25, -0.2) is 0 Å². The standard InChI is InChI=1S/C25H32Br2N2/c1-5-22(29(6-2)17-20-10-8-7-9-11-20)14-15-25(18-28,19(3)4)21-12-13-23(26)24(27)16-21/h7-13,16,19,22H,5-6,14-15,17H2,1-4H3. The van der Waals surface area contributed by atoms with Crippen LogP contribution in [0.15, 0.2) is 57.5 Å². The summed E-state index contributed by atoms with van der Waals surface area (Å²) < 4.78 is 2.02. The zero-order valence-electron chi connectivity index (χ0n) is 18.0. The van der Waals surface area contributed by atoms with Gasteiger partial charge in [-0.15, -0.1) is 0 Å². The Kier molecular flexibility index (Phi) is 9.40. The van der Waals surface area contributed by atoms with Crippen LogP contribution in [0.25, 0.3) is 0 Å². The Hall–Kier alpha value is -1.15. The average Bonchev–Trinajstić information content (AvgIpc) is 2.73. The Morgan fingerprint density at radius 3 is 2.24 bits per heavy atom. The molecule has 0 heterocycles. The van der Waals surface area contributed by atoms with Crippen LogP contribution in [0.2, 0.25) is 0 Å². The van der Waals surface area contributed by atoms with E-state index in [9.17, 15) is 5.26 Å². The zero-order valence-corrected chi connectivity index (χ0v) is 21.1. The van der Waals surface area contributed by atoms with Crippen molar-refractivity contribution in [2.45, 2.75) is 65.0 Å². The van der Waals surface area contributed by atoms with Gasteiger partial charge in [-0.1, -0.05) is 64.1 Å². The van der Waals surface area contributed by atoms with Crippen molar-refractivity contribution in [3.63, 3.8) is 0 Å². The van der Waals surface area contributed by atoms with Gasteiger partial charge in [0.1, 0.15) is 0 Å². The minimum absolute atomic E-state index is 0.238. The van der Waals surface area contributed by atoms with E-state index in [1.54, 1.807) is 0 Å². The molecular formula is C25H32Br2N2. The molecule has 2 aromatic carbocycles. The molecule has 2 rings (SSSR count). The summed E-state index contributed by atoms with van der Waals surface area (Å²) in [4.78, 5) is 2.55. The molecular weight excluding hydrogens is 488 g/mol. The summed E-state index contributed by atoms with van der Waals surface area (Å²) in [7, 11) is 0. The Labute approximate surface area is 193 Å². The quantitative estimate of drug-likeness (QED) is 0.321. The third-order valence-corrected chi connectivity index (χ3v) is 7.99. The van der Waals surface area contributed by atoms with Crippen molar-refractivity contribution in [2.75, 3.05) is 6.54 Å². The summed E-state index contributed by atoms with van der Waals surface area (Å²) in [5.41, 5.74) is 1.97. The largest absolute Gasteiger partial charge is 0.296 e. The number of benzene rings is 2. The van der Waals surface area contributed by atoms with Crippen molar-refractivity contribution in [1.29, 1.82) is 5.26 Å². The summed E-state index contributed by atoms with van der Waals surface area (Å²) in [5, 5.41) is 10.3. The lowest BCUT2D eigenvalue weighted by Gasteiger charge is -2.36. The van der Waals surface area contributed by atoms with Crippen LogP contribution in [-0.4, -0.2) is 17.5 Å². The zero-order chi connectivity index (χ0) is 21.4. The highest BCUT2D eigenvalue weighted by Crippen LogP contribution is 2.40. The molecule has 0 saturated carbocycles. The molecule has 156 valence electrons. The molecule has 0 bridgehead atoms. The van der Waals surface area contributed by atoms with Gasteiger partial charge in [-0.05, 0) is 86.8 Å². The number of hydrogen-bond donors (Lipinski definition) is 0. The van der Waals surface area contributed by atoms with Crippen molar-refractivity contribution >= 4 is 31.9 Å². The van der Waals surface area contributed by atoms with Gasteiger partial charge in [0.05, 0.1) is 11.5 Å². The Bertz CT molecular complexity index is 813. The highest BCUT2D eigenvalue weighted by atomic mass is 79.9. The van der Waals surface area contributed by atoms with Gasteiger partial charge in [0.25, 0.3) is 0 Å². The fourth-order valence-corrected chi connectivity index (χ4v) is 4.77. The first kappa shape index (κ1) is 24.1. The predicted molar refractivity (Wildman–Crippen MR) is 130 cm³/mol.